The summed E-state index contributed by atoms with van der Waals surface area (Å²) in [4.78, 5) is 23.4. The molecular formula is C20H34O14. The highest BCUT2D eigenvalue weighted by Gasteiger charge is 2.51. The first-order chi connectivity index (χ1) is 15.9. The van der Waals surface area contributed by atoms with Crippen LogP contribution in [0.4, 0.5) is 0 Å². The van der Waals surface area contributed by atoms with Crippen LogP contribution in [0.2, 0.25) is 0 Å². The SMILES string of the molecule is COC1OC(COC(=O)CC(C)(C)C(=O)O)C(OC2OC(CO)C(OC)C(O)C2O)C(O)C1O. The quantitative estimate of drug-likeness (QED) is 0.165. The second-order valence-corrected chi connectivity index (χ2v) is 8.82. The standard InChI is InChI=1S/C20H34O14/c1-20(2,19(27)28)5-10(22)31-7-9-16(12(24)13(25)17(30-4)33-9)34-18-14(26)11(23)15(29-3)8(6-21)32-18/h8-9,11-18,21,23-26H,5-7H2,1-4H3,(H,27,28). The van der Waals surface area contributed by atoms with Gasteiger partial charge in [-0.3, -0.25) is 9.59 Å². The minimum Gasteiger partial charge on any atom is -0.481 e. The van der Waals surface area contributed by atoms with Gasteiger partial charge in [-0.1, -0.05) is 0 Å². The Morgan fingerprint density at radius 2 is 1.41 bits per heavy atom. The zero-order valence-corrected chi connectivity index (χ0v) is 19.3. The molecule has 2 saturated heterocycles. The van der Waals surface area contributed by atoms with Crippen LogP contribution in [0.5, 0.6) is 0 Å². The molecule has 6 N–H and O–H groups in total. The van der Waals surface area contributed by atoms with E-state index in [2.05, 4.69) is 0 Å². The topological polar surface area (TPSA) is 211 Å². The number of carboxylic acids is 1. The Kier molecular flexibility index (Phi) is 10.1. The van der Waals surface area contributed by atoms with Crippen molar-refractivity contribution in [3.05, 3.63) is 0 Å². The average molecular weight is 498 g/mol. The van der Waals surface area contributed by atoms with Crippen LogP contribution in [-0.4, -0.2) is 131 Å². The lowest BCUT2D eigenvalue weighted by Crippen LogP contribution is -2.65. The predicted molar refractivity (Wildman–Crippen MR) is 108 cm³/mol. The van der Waals surface area contributed by atoms with Crippen molar-refractivity contribution in [1.29, 1.82) is 0 Å². The van der Waals surface area contributed by atoms with Crippen molar-refractivity contribution in [2.45, 2.75) is 81.7 Å². The summed E-state index contributed by atoms with van der Waals surface area (Å²) >= 11 is 0. The molecule has 2 heterocycles. The van der Waals surface area contributed by atoms with Crippen molar-refractivity contribution >= 4 is 11.9 Å². The van der Waals surface area contributed by atoms with Gasteiger partial charge in [0.25, 0.3) is 0 Å². The average Bonchev–Trinajstić information content (AvgIpc) is 2.78. The van der Waals surface area contributed by atoms with Gasteiger partial charge in [0.2, 0.25) is 0 Å². The number of aliphatic hydroxyl groups excluding tert-OH is 5. The van der Waals surface area contributed by atoms with Crippen LogP contribution in [0.25, 0.3) is 0 Å². The first-order valence-corrected chi connectivity index (χ1v) is 10.6. The minimum atomic E-state index is -1.67. The van der Waals surface area contributed by atoms with Crippen LogP contribution in [0.15, 0.2) is 0 Å². The van der Waals surface area contributed by atoms with Gasteiger partial charge in [0.15, 0.2) is 12.6 Å². The second-order valence-electron chi connectivity index (χ2n) is 8.82. The van der Waals surface area contributed by atoms with Gasteiger partial charge in [0, 0.05) is 14.2 Å². The molecule has 0 aliphatic carbocycles. The molecule has 34 heavy (non-hydrogen) atoms. The molecule has 14 heteroatoms. The molecule has 2 fully saturated rings. The summed E-state index contributed by atoms with van der Waals surface area (Å²) in [5.41, 5.74) is -1.39. The third-order valence-corrected chi connectivity index (χ3v) is 5.83. The smallest absolute Gasteiger partial charge is 0.309 e. The zero-order chi connectivity index (χ0) is 25.8. The highest BCUT2D eigenvalue weighted by Crippen LogP contribution is 2.30. The maximum Gasteiger partial charge on any atom is 0.309 e. The fraction of sp³-hybridized carbons (Fsp3) is 0.900. The molecule has 2 aliphatic heterocycles. The number of hydrogen-bond acceptors (Lipinski definition) is 13. The van der Waals surface area contributed by atoms with E-state index in [-0.39, 0.29) is 0 Å². The predicted octanol–water partition coefficient (Wildman–Crippen LogP) is -3.04. The Bertz CT molecular complexity index is 684. The Morgan fingerprint density at radius 1 is 0.853 bits per heavy atom. The number of hydrogen-bond donors (Lipinski definition) is 6. The fourth-order valence-electron chi connectivity index (χ4n) is 3.68. The number of rotatable bonds is 10. The van der Waals surface area contributed by atoms with E-state index in [9.17, 15) is 40.2 Å². The summed E-state index contributed by atoms with van der Waals surface area (Å²) in [6.45, 7) is 1.58. The van der Waals surface area contributed by atoms with Crippen molar-refractivity contribution in [2.24, 2.45) is 5.41 Å². The lowest BCUT2D eigenvalue weighted by atomic mass is 9.90. The molecule has 10 atom stereocenters. The third kappa shape index (κ3) is 6.40. The van der Waals surface area contributed by atoms with Crippen LogP contribution < -0.4 is 0 Å². The molecule has 0 aromatic carbocycles. The van der Waals surface area contributed by atoms with Gasteiger partial charge in [0.1, 0.15) is 55.4 Å². The van der Waals surface area contributed by atoms with E-state index >= 15 is 0 Å². The number of carbonyl (C=O) groups excluding carboxylic acids is 1. The molecule has 198 valence electrons. The number of aliphatic hydroxyl groups is 5. The van der Waals surface area contributed by atoms with Gasteiger partial charge < -0.3 is 59.1 Å². The summed E-state index contributed by atoms with van der Waals surface area (Å²) in [6.07, 6.45) is -14.7. The number of aliphatic carboxylic acids is 1. The van der Waals surface area contributed by atoms with Gasteiger partial charge in [-0.2, -0.15) is 0 Å². The largest absolute Gasteiger partial charge is 0.481 e. The Labute approximate surface area is 195 Å². The Morgan fingerprint density at radius 3 is 1.94 bits per heavy atom. The molecule has 0 amide bonds. The number of carbonyl (C=O) groups is 2. The highest BCUT2D eigenvalue weighted by atomic mass is 16.7. The van der Waals surface area contributed by atoms with Crippen molar-refractivity contribution in [2.75, 3.05) is 27.4 Å². The maximum atomic E-state index is 12.2. The van der Waals surface area contributed by atoms with E-state index in [1.54, 1.807) is 0 Å². The monoisotopic (exact) mass is 498 g/mol. The molecule has 0 bridgehead atoms. The van der Waals surface area contributed by atoms with Crippen LogP contribution in [0.1, 0.15) is 20.3 Å². The van der Waals surface area contributed by atoms with Gasteiger partial charge in [-0.25, -0.2) is 0 Å². The molecule has 2 aliphatic rings. The molecule has 0 aromatic heterocycles. The van der Waals surface area contributed by atoms with E-state index in [0.29, 0.717) is 0 Å². The fourth-order valence-corrected chi connectivity index (χ4v) is 3.68. The van der Waals surface area contributed by atoms with E-state index in [1.165, 1.54) is 28.1 Å². The lowest BCUT2D eigenvalue weighted by molar-refractivity contribution is -0.358. The number of carboxylic acid groups (broad SMARTS) is 1. The van der Waals surface area contributed by atoms with Crippen LogP contribution in [0, 0.1) is 5.41 Å². The second kappa shape index (κ2) is 12.0. The zero-order valence-electron chi connectivity index (χ0n) is 19.3. The lowest BCUT2D eigenvalue weighted by Gasteiger charge is -2.46. The molecule has 2 rings (SSSR count). The van der Waals surface area contributed by atoms with E-state index in [4.69, 9.17) is 28.4 Å². The number of ether oxygens (including phenoxy) is 6. The van der Waals surface area contributed by atoms with Crippen LogP contribution >= 0.6 is 0 Å². The van der Waals surface area contributed by atoms with Crippen molar-refractivity contribution < 1.29 is 68.6 Å². The molecule has 0 aromatic rings. The summed E-state index contributed by atoms with van der Waals surface area (Å²) in [7, 11) is 2.46. The molecule has 14 nitrogen and oxygen atoms in total. The van der Waals surface area contributed by atoms with E-state index < -0.39 is 98.4 Å². The summed E-state index contributed by atoms with van der Waals surface area (Å²) in [5, 5.41) is 60.3. The molecular weight excluding hydrogens is 464 g/mol. The van der Waals surface area contributed by atoms with E-state index in [0.717, 1.165) is 0 Å². The summed E-state index contributed by atoms with van der Waals surface area (Å²) < 4.78 is 31.8. The van der Waals surface area contributed by atoms with E-state index in [1.807, 2.05) is 0 Å². The molecule has 0 radical (unpaired) electrons. The number of esters is 1. The summed E-state index contributed by atoms with van der Waals surface area (Å²) in [5.74, 6) is -2.07. The highest BCUT2D eigenvalue weighted by molar-refractivity contribution is 5.81. The Hall–Kier alpha value is -1.46. The van der Waals surface area contributed by atoms with Gasteiger partial charge in [-0.15, -0.1) is 0 Å². The van der Waals surface area contributed by atoms with Crippen LogP contribution in [0.3, 0.4) is 0 Å². The first-order valence-electron chi connectivity index (χ1n) is 10.6. The van der Waals surface area contributed by atoms with Crippen molar-refractivity contribution in [3.63, 3.8) is 0 Å². The molecule has 0 saturated carbocycles. The molecule has 0 spiro atoms. The Balaban J connectivity index is 2.16. The first kappa shape index (κ1) is 28.8. The molecule has 10 unspecified atom stereocenters. The van der Waals surface area contributed by atoms with Crippen molar-refractivity contribution in [3.8, 4) is 0 Å². The van der Waals surface area contributed by atoms with Gasteiger partial charge in [-0.05, 0) is 13.8 Å². The third-order valence-electron chi connectivity index (χ3n) is 5.83. The van der Waals surface area contributed by atoms with Crippen molar-refractivity contribution in [1.82, 2.24) is 0 Å². The summed E-state index contributed by atoms with van der Waals surface area (Å²) in [6, 6.07) is 0. The minimum absolute atomic E-state index is 0.452. The maximum absolute atomic E-state index is 12.2. The normalized spacial score (nSPS) is 39.0. The number of methoxy groups -OCH3 is 2. The van der Waals surface area contributed by atoms with Gasteiger partial charge >= 0.3 is 11.9 Å². The van der Waals surface area contributed by atoms with Gasteiger partial charge in [0.05, 0.1) is 18.4 Å². The van der Waals surface area contributed by atoms with Crippen LogP contribution in [-0.2, 0) is 38.0 Å².